The molecule has 0 bridgehead atoms. The average molecular weight is 538 g/mol. The highest BCUT2D eigenvalue weighted by atomic mass is 32.2. The van der Waals surface area contributed by atoms with E-state index >= 15 is 0 Å². The summed E-state index contributed by atoms with van der Waals surface area (Å²) in [6, 6.07) is 12.2. The van der Waals surface area contributed by atoms with Gasteiger partial charge in [0.15, 0.2) is 0 Å². The maximum atomic E-state index is 14.8. The molecule has 0 aliphatic rings. The third kappa shape index (κ3) is 5.68. The van der Waals surface area contributed by atoms with Gasteiger partial charge in [-0.2, -0.15) is 18.3 Å². The highest BCUT2D eigenvalue weighted by Crippen LogP contribution is 2.34. The molecule has 0 saturated heterocycles. The number of aliphatic hydroxyl groups is 1. The number of rotatable bonds is 8. The van der Waals surface area contributed by atoms with E-state index in [-0.39, 0.29) is 12.2 Å². The van der Waals surface area contributed by atoms with Crippen molar-refractivity contribution in [3.63, 3.8) is 0 Å². The lowest BCUT2D eigenvalue weighted by atomic mass is 10.0. The van der Waals surface area contributed by atoms with Crippen LogP contribution >= 0.6 is 0 Å². The molecular formula is C24H19F5N4O3S. The van der Waals surface area contributed by atoms with Crippen LogP contribution in [0.1, 0.15) is 11.1 Å². The first-order valence-electron chi connectivity index (χ1n) is 10.7. The average Bonchev–Trinajstić information content (AvgIpc) is 3.29. The third-order valence-corrected chi connectivity index (χ3v) is 6.60. The standard InChI is InChI=1S/C24H19F5N4O3S/c25-21-11-17(12-22(26)19(21)13-31-37(35,36)24(27,28)29)20-14-33(18-3-1-15(2-4-18)7-10-34)32-23(20)16-5-8-30-9-6-16/h1-6,8-9,11-12,14,31,34H,7,10,13H2. The normalized spacial score (nSPS) is 12.2. The summed E-state index contributed by atoms with van der Waals surface area (Å²) in [6.45, 7) is -1.24. The molecule has 0 atom stereocenters. The molecule has 2 heterocycles. The molecular weight excluding hydrogens is 519 g/mol. The van der Waals surface area contributed by atoms with Crippen LogP contribution in [0.4, 0.5) is 22.0 Å². The lowest BCUT2D eigenvalue weighted by molar-refractivity contribution is -0.0448. The van der Waals surface area contributed by atoms with E-state index in [1.165, 1.54) is 23.3 Å². The summed E-state index contributed by atoms with van der Waals surface area (Å²) in [5.41, 5.74) is -3.68. The molecule has 7 nitrogen and oxygen atoms in total. The zero-order chi connectivity index (χ0) is 26.8. The van der Waals surface area contributed by atoms with E-state index in [9.17, 15) is 30.4 Å². The summed E-state index contributed by atoms with van der Waals surface area (Å²) in [6.07, 6.45) is 5.03. The van der Waals surface area contributed by atoms with Crippen molar-refractivity contribution in [1.29, 1.82) is 0 Å². The van der Waals surface area contributed by atoms with Crippen molar-refractivity contribution in [3.05, 3.63) is 89.9 Å². The number of hydrogen-bond donors (Lipinski definition) is 2. The van der Waals surface area contributed by atoms with Gasteiger partial charge in [-0.25, -0.2) is 26.6 Å². The second-order valence-corrected chi connectivity index (χ2v) is 9.66. The Balaban J connectivity index is 1.75. The smallest absolute Gasteiger partial charge is 0.396 e. The van der Waals surface area contributed by atoms with E-state index in [2.05, 4.69) is 10.1 Å². The van der Waals surface area contributed by atoms with Crippen molar-refractivity contribution in [2.45, 2.75) is 18.5 Å². The van der Waals surface area contributed by atoms with Gasteiger partial charge in [-0.15, -0.1) is 0 Å². The van der Waals surface area contributed by atoms with E-state index in [4.69, 9.17) is 5.11 Å². The molecule has 4 aromatic rings. The van der Waals surface area contributed by atoms with Gasteiger partial charge in [-0.3, -0.25) is 4.98 Å². The van der Waals surface area contributed by atoms with Gasteiger partial charge in [-0.05, 0) is 53.9 Å². The fourth-order valence-corrected chi connectivity index (χ4v) is 4.06. The zero-order valence-electron chi connectivity index (χ0n) is 18.9. The maximum Gasteiger partial charge on any atom is 0.511 e. The van der Waals surface area contributed by atoms with Gasteiger partial charge in [0.1, 0.15) is 17.3 Å². The molecule has 0 unspecified atom stereocenters. The monoisotopic (exact) mass is 538 g/mol. The molecule has 2 aromatic heterocycles. The third-order valence-electron chi connectivity index (χ3n) is 5.47. The summed E-state index contributed by atoms with van der Waals surface area (Å²) >= 11 is 0. The lowest BCUT2D eigenvalue weighted by Crippen LogP contribution is -2.36. The number of alkyl halides is 3. The van der Waals surface area contributed by atoms with E-state index in [1.54, 1.807) is 36.4 Å². The number of aromatic nitrogens is 3. The van der Waals surface area contributed by atoms with Gasteiger partial charge in [0.2, 0.25) is 0 Å². The molecule has 0 radical (unpaired) electrons. The van der Waals surface area contributed by atoms with Gasteiger partial charge < -0.3 is 5.11 Å². The molecule has 0 aliphatic heterocycles. The molecule has 0 aliphatic carbocycles. The fourth-order valence-electron chi connectivity index (χ4n) is 3.56. The Morgan fingerprint density at radius 3 is 2.14 bits per heavy atom. The van der Waals surface area contributed by atoms with Crippen molar-refractivity contribution in [3.8, 4) is 28.1 Å². The number of nitrogens with zero attached hydrogens (tertiary/aromatic N) is 3. The van der Waals surface area contributed by atoms with Crippen molar-refractivity contribution in [2.24, 2.45) is 0 Å². The predicted octanol–water partition coefficient (Wildman–Crippen LogP) is 4.35. The number of aliphatic hydroxyl groups excluding tert-OH is 1. The minimum Gasteiger partial charge on any atom is -0.396 e. The SMILES string of the molecule is O=S(=O)(NCc1c(F)cc(-c2cn(-c3ccc(CCO)cc3)nc2-c2ccncc2)cc1F)C(F)(F)F. The zero-order valence-corrected chi connectivity index (χ0v) is 19.7. The summed E-state index contributed by atoms with van der Waals surface area (Å²) in [7, 11) is -5.79. The number of benzene rings is 2. The largest absolute Gasteiger partial charge is 0.511 e. The molecule has 37 heavy (non-hydrogen) atoms. The fraction of sp³-hybridized carbons (Fsp3) is 0.167. The molecule has 0 fully saturated rings. The molecule has 0 amide bonds. The van der Waals surface area contributed by atoms with E-state index < -0.39 is 39.3 Å². The van der Waals surface area contributed by atoms with E-state index in [1.807, 2.05) is 0 Å². The number of sulfonamides is 1. The Labute approximate surface area is 208 Å². The molecule has 194 valence electrons. The highest BCUT2D eigenvalue weighted by molar-refractivity contribution is 7.90. The number of pyridine rings is 1. The van der Waals surface area contributed by atoms with Crippen LogP contribution in [0.2, 0.25) is 0 Å². The Hall–Kier alpha value is -3.68. The van der Waals surface area contributed by atoms with Crippen molar-refractivity contribution in [1.82, 2.24) is 19.5 Å². The Morgan fingerprint density at radius 2 is 1.57 bits per heavy atom. The van der Waals surface area contributed by atoms with Crippen molar-refractivity contribution in [2.75, 3.05) is 6.61 Å². The predicted molar refractivity (Wildman–Crippen MR) is 125 cm³/mol. The Bertz CT molecular complexity index is 1480. The minimum atomic E-state index is -5.79. The van der Waals surface area contributed by atoms with Gasteiger partial charge in [0.05, 0.1) is 5.69 Å². The van der Waals surface area contributed by atoms with Crippen LogP contribution in [0.25, 0.3) is 28.1 Å². The minimum absolute atomic E-state index is 0.0117. The lowest BCUT2D eigenvalue weighted by Gasteiger charge is -2.12. The second-order valence-electron chi connectivity index (χ2n) is 7.90. The molecule has 2 aromatic carbocycles. The van der Waals surface area contributed by atoms with Gasteiger partial charge in [0, 0.05) is 48.4 Å². The summed E-state index contributed by atoms with van der Waals surface area (Å²) in [5, 5.41) is 13.7. The van der Waals surface area contributed by atoms with Crippen LogP contribution in [-0.2, 0) is 23.0 Å². The maximum absolute atomic E-state index is 14.8. The van der Waals surface area contributed by atoms with Crippen LogP contribution in [0.5, 0.6) is 0 Å². The highest BCUT2D eigenvalue weighted by Gasteiger charge is 2.45. The first-order valence-corrected chi connectivity index (χ1v) is 12.2. The van der Waals surface area contributed by atoms with Gasteiger partial charge in [-0.1, -0.05) is 12.1 Å². The van der Waals surface area contributed by atoms with Crippen LogP contribution < -0.4 is 4.72 Å². The summed E-state index contributed by atoms with van der Waals surface area (Å²) in [4.78, 5) is 3.95. The summed E-state index contributed by atoms with van der Waals surface area (Å²) in [5.74, 6) is -2.47. The quantitative estimate of drug-likeness (QED) is 0.325. The van der Waals surface area contributed by atoms with Crippen LogP contribution in [0.3, 0.4) is 0 Å². The second kappa shape index (κ2) is 10.4. The number of halogens is 5. The Morgan fingerprint density at radius 1 is 0.946 bits per heavy atom. The first-order chi connectivity index (χ1) is 17.5. The van der Waals surface area contributed by atoms with Gasteiger partial charge >= 0.3 is 15.5 Å². The van der Waals surface area contributed by atoms with E-state index in [0.717, 1.165) is 22.4 Å². The van der Waals surface area contributed by atoms with Gasteiger partial charge in [0.25, 0.3) is 0 Å². The summed E-state index contributed by atoms with van der Waals surface area (Å²) < 4.78 is 92.5. The topological polar surface area (TPSA) is 97.1 Å². The molecule has 2 N–H and O–H groups in total. The van der Waals surface area contributed by atoms with Crippen molar-refractivity contribution >= 4 is 10.0 Å². The van der Waals surface area contributed by atoms with E-state index in [0.29, 0.717) is 28.9 Å². The van der Waals surface area contributed by atoms with Crippen LogP contribution in [-0.4, -0.2) is 40.4 Å². The molecule has 4 rings (SSSR count). The molecule has 0 spiro atoms. The van der Waals surface area contributed by atoms with Crippen LogP contribution in [0, 0.1) is 11.6 Å². The molecule has 13 heteroatoms. The van der Waals surface area contributed by atoms with Crippen LogP contribution in [0.15, 0.2) is 67.1 Å². The Kier molecular flexibility index (Phi) is 7.39. The molecule has 0 saturated carbocycles. The first kappa shape index (κ1) is 26.4. The van der Waals surface area contributed by atoms with Crippen molar-refractivity contribution < 1.29 is 35.5 Å². The number of nitrogens with one attached hydrogen (secondary N) is 1. The number of hydrogen-bond acceptors (Lipinski definition) is 5.